The summed E-state index contributed by atoms with van der Waals surface area (Å²) in [5.41, 5.74) is 0.572. The molecule has 100 valence electrons. The molecule has 6 heteroatoms. The molecular formula is C13H13FN2O3. The van der Waals surface area contributed by atoms with Gasteiger partial charge in [-0.2, -0.15) is 0 Å². The Kier molecular flexibility index (Phi) is 5.51. The van der Waals surface area contributed by atoms with Gasteiger partial charge in [-0.1, -0.05) is 11.8 Å². The third-order valence-corrected chi connectivity index (χ3v) is 2.06. The number of aliphatic hydroxyl groups is 1. The van der Waals surface area contributed by atoms with Crippen LogP contribution in [0, 0.1) is 17.7 Å². The van der Waals surface area contributed by atoms with Gasteiger partial charge in [0, 0.05) is 6.92 Å². The van der Waals surface area contributed by atoms with Gasteiger partial charge in [0.25, 0.3) is 0 Å². The predicted molar refractivity (Wildman–Crippen MR) is 67.7 cm³/mol. The second-order valence-corrected chi connectivity index (χ2v) is 3.61. The topological polar surface area (TPSA) is 78.4 Å². The van der Waals surface area contributed by atoms with E-state index in [1.165, 1.54) is 19.1 Å². The van der Waals surface area contributed by atoms with Gasteiger partial charge in [-0.25, -0.2) is 4.39 Å². The van der Waals surface area contributed by atoms with Gasteiger partial charge in [0.2, 0.25) is 11.8 Å². The molecule has 0 spiro atoms. The van der Waals surface area contributed by atoms with Crippen LogP contribution in [0.4, 0.5) is 10.1 Å². The summed E-state index contributed by atoms with van der Waals surface area (Å²) in [5, 5.41) is 13.4. The number of rotatable bonds is 3. The monoisotopic (exact) mass is 264 g/mol. The number of hydrogen-bond donors (Lipinski definition) is 3. The van der Waals surface area contributed by atoms with Gasteiger partial charge in [-0.15, -0.1) is 0 Å². The molecule has 0 heterocycles. The van der Waals surface area contributed by atoms with E-state index in [4.69, 9.17) is 5.11 Å². The van der Waals surface area contributed by atoms with Crippen LogP contribution in [0.15, 0.2) is 18.2 Å². The van der Waals surface area contributed by atoms with E-state index >= 15 is 0 Å². The molecule has 0 saturated heterocycles. The summed E-state index contributed by atoms with van der Waals surface area (Å²) in [6.45, 7) is 0.749. The minimum Gasteiger partial charge on any atom is -0.384 e. The van der Waals surface area contributed by atoms with E-state index in [1.807, 2.05) is 0 Å². The molecule has 0 fully saturated rings. The molecule has 5 nitrogen and oxygen atoms in total. The van der Waals surface area contributed by atoms with Crippen molar-refractivity contribution in [3.63, 3.8) is 0 Å². The maximum atomic E-state index is 13.1. The van der Waals surface area contributed by atoms with E-state index in [2.05, 4.69) is 22.5 Å². The number of benzene rings is 1. The predicted octanol–water partition coefficient (Wildman–Crippen LogP) is 0.244. The number of hydrogen-bond acceptors (Lipinski definition) is 3. The Bertz CT molecular complexity index is 547. The first-order valence-electron chi connectivity index (χ1n) is 5.46. The van der Waals surface area contributed by atoms with Crippen molar-refractivity contribution in [1.82, 2.24) is 5.32 Å². The van der Waals surface area contributed by atoms with Crippen molar-refractivity contribution in [2.45, 2.75) is 6.92 Å². The maximum absolute atomic E-state index is 13.1. The molecule has 0 unspecified atom stereocenters. The van der Waals surface area contributed by atoms with Crippen LogP contribution < -0.4 is 10.6 Å². The van der Waals surface area contributed by atoms with Crippen molar-refractivity contribution in [1.29, 1.82) is 0 Å². The highest BCUT2D eigenvalue weighted by atomic mass is 19.1. The molecule has 0 aliphatic heterocycles. The molecule has 0 atom stereocenters. The summed E-state index contributed by atoms with van der Waals surface area (Å²) in [6.07, 6.45) is 0. The highest BCUT2D eigenvalue weighted by Crippen LogP contribution is 2.15. The molecule has 19 heavy (non-hydrogen) atoms. The fourth-order valence-electron chi connectivity index (χ4n) is 1.26. The highest BCUT2D eigenvalue weighted by Gasteiger charge is 2.07. The number of halogens is 1. The van der Waals surface area contributed by atoms with E-state index in [-0.39, 0.29) is 24.6 Å². The van der Waals surface area contributed by atoms with Crippen molar-refractivity contribution in [3.05, 3.63) is 29.6 Å². The molecule has 0 bridgehead atoms. The Hall–Kier alpha value is -2.39. The van der Waals surface area contributed by atoms with Gasteiger partial charge in [0.15, 0.2) is 0 Å². The summed E-state index contributed by atoms with van der Waals surface area (Å²) >= 11 is 0. The number of aliphatic hydroxyl groups excluding tert-OH is 1. The van der Waals surface area contributed by atoms with Gasteiger partial charge < -0.3 is 15.7 Å². The van der Waals surface area contributed by atoms with Crippen LogP contribution >= 0.6 is 0 Å². The van der Waals surface area contributed by atoms with Gasteiger partial charge in [0.1, 0.15) is 12.4 Å². The first-order valence-corrected chi connectivity index (χ1v) is 5.46. The number of carbonyl (C=O) groups is 2. The Morgan fingerprint density at radius 2 is 2.16 bits per heavy atom. The molecule has 0 aliphatic rings. The normalized spacial score (nSPS) is 9.21. The Morgan fingerprint density at radius 3 is 2.79 bits per heavy atom. The van der Waals surface area contributed by atoms with Crippen LogP contribution in [-0.2, 0) is 9.59 Å². The molecule has 0 radical (unpaired) electrons. The molecule has 2 amide bonds. The summed E-state index contributed by atoms with van der Waals surface area (Å²) in [7, 11) is 0. The molecule has 0 aliphatic carbocycles. The smallest absolute Gasteiger partial charge is 0.243 e. The SMILES string of the molecule is CC(=O)NCC(=O)Nc1ccc(F)cc1C#CCO. The number of amides is 2. The molecule has 0 aromatic heterocycles. The summed E-state index contributed by atoms with van der Waals surface area (Å²) < 4.78 is 13.1. The van der Waals surface area contributed by atoms with Crippen molar-refractivity contribution < 1.29 is 19.1 Å². The average Bonchev–Trinajstić information content (AvgIpc) is 2.36. The number of nitrogens with one attached hydrogen (secondary N) is 2. The van der Waals surface area contributed by atoms with E-state index in [0.717, 1.165) is 6.07 Å². The van der Waals surface area contributed by atoms with Crippen molar-refractivity contribution in [2.75, 3.05) is 18.5 Å². The van der Waals surface area contributed by atoms with Gasteiger partial charge >= 0.3 is 0 Å². The Labute approximate surface area is 109 Å². The van der Waals surface area contributed by atoms with Crippen LogP contribution in [0.25, 0.3) is 0 Å². The first kappa shape index (κ1) is 14.7. The standard InChI is InChI=1S/C13H13FN2O3/c1-9(18)15-8-13(19)16-12-5-4-11(14)7-10(12)3-2-6-17/h4-5,7,17H,6,8H2,1H3,(H,15,18)(H,16,19). The maximum Gasteiger partial charge on any atom is 0.243 e. The fraction of sp³-hybridized carbons (Fsp3) is 0.231. The second-order valence-electron chi connectivity index (χ2n) is 3.61. The molecule has 1 aromatic rings. The molecule has 1 aromatic carbocycles. The largest absolute Gasteiger partial charge is 0.384 e. The van der Waals surface area contributed by atoms with Gasteiger partial charge in [-0.3, -0.25) is 9.59 Å². The van der Waals surface area contributed by atoms with E-state index in [9.17, 15) is 14.0 Å². The third kappa shape index (κ3) is 5.19. The average molecular weight is 264 g/mol. The zero-order valence-electron chi connectivity index (χ0n) is 10.3. The van der Waals surface area contributed by atoms with Crippen LogP contribution in [0.1, 0.15) is 12.5 Å². The molecule has 3 N–H and O–H groups in total. The van der Waals surface area contributed by atoms with Gasteiger partial charge in [-0.05, 0) is 18.2 Å². The zero-order chi connectivity index (χ0) is 14.3. The zero-order valence-corrected chi connectivity index (χ0v) is 10.3. The van der Waals surface area contributed by atoms with E-state index in [1.54, 1.807) is 0 Å². The summed E-state index contributed by atoms with van der Waals surface area (Å²) in [4.78, 5) is 22.2. The lowest BCUT2D eigenvalue weighted by atomic mass is 10.1. The summed E-state index contributed by atoms with van der Waals surface area (Å²) in [5.74, 6) is 3.63. The van der Waals surface area contributed by atoms with Crippen LogP contribution in [0.3, 0.4) is 0 Å². The van der Waals surface area contributed by atoms with E-state index in [0.29, 0.717) is 5.69 Å². The second kappa shape index (κ2) is 7.13. The lowest BCUT2D eigenvalue weighted by molar-refractivity contribution is -0.122. The van der Waals surface area contributed by atoms with Gasteiger partial charge in [0.05, 0.1) is 17.8 Å². The van der Waals surface area contributed by atoms with Crippen molar-refractivity contribution >= 4 is 17.5 Å². The number of carbonyl (C=O) groups excluding carboxylic acids is 2. The van der Waals surface area contributed by atoms with Crippen molar-refractivity contribution in [2.24, 2.45) is 0 Å². The van der Waals surface area contributed by atoms with Crippen LogP contribution in [0.5, 0.6) is 0 Å². The molecular weight excluding hydrogens is 251 g/mol. The third-order valence-electron chi connectivity index (χ3n) is 2.06. The van der Waals surface area contributed by atoms with Crippen LogP contribution in [0.2, 0.25) is 0 Å². The Morgan fingerprint density at radius 1 is 1.42 bits per heavy atom. The van der Waals surface area contributed by atoms with E-state index < -0.39 is 11.7 Å². The minimum absolute atomic E-state index is 0.181. The van der Waals surface area contributed by atoms with Crippen molar-refractivity contribution in [3.8, 4) is 11.8 Å². The minimum atomic E-state index is -0.498. The quantitative estimate of drug-likeness (QED) is 0.684. The Balaban J connectivity index is 2.82. The lowest BCUT2D eigenvalue weighted by Gasteiger charge is -2.08. The lowest BCUT2D eigenvalue weighted by Crippen LogP contribution is -2.31. The number of anilines is 1. The molecule has 0 saturated carbocycles. The fourth-order valence-corrected chi connectivity index (χ4v) is 1.26. The van der Waals surface area contributed by atoms with Crippen LogP contribution in [-0.4, -0.2) is 30.1 Å². The molecule has 1 rings (SSSR count). The highest BCUT2D eigenvalue weighted by molar-refractivity contribution is 5.95. The summed E-state index contributed by atoms with van der Waals surface area (Å²) in [6, 6.07) is 3.69. The first-order chi connectivity index (χ1) is 9.02.